The van der Waals surface area contributed by atoms with Crippen molar-refractivity contribution >= 4 is 0 Å². The van der Waals surface area contributed by atoms with Gasteiger partial charge in [-0.2, -0.15) is 0 Å². The van der Waals surface area contributed by atoms with Gasteiger partial charge in [0.25, 0.3) is 5.56 Å². The number of pyridine rings is 1. The number of nitrogens with two attached hydrogens (primary N) is 1. The third kappa shape index (κ3) is 2.47. The van der Waals surface area contributed by atoms with Crippen LogP contribution in [-0.4, -0.2) is 4.57 Å². The molecule has 0 spiro atoms. The zero-order chi connectivity index (χ0) is 14.0. The van der Waals surface area contributed by atoms with Crippen molar-refractivity contribution < 1.29 is 0 Å². The van der Waals surface area contributed by atoms with Crippen molar-refractivity contribution in [1.29, 1.82) is 0 Å². The third-order valence-electron chi connectivity index (χ3n) is 3.62. The lowest BCUT2D eigenvalue weighted by Gasteiger charge is -2.13. The van der Waals surface area contributed by atoms with Crippen LogP contribution in [0.15, 0.2) is 35.1 Å². The number of nitrogens with zero attached hydrogens (tertiary/aromatic N) is 1. The Morgan fingerprint density at radius 2 is 1.84 bits per heavy atom. The molecule has 0 saturated carbocycles. The fraction of sp³-hybridized carbons (Fsp3) is 0.312. The van der Waals surface area contributed by atoms with Crippen molar-refractivity contribution in [2.24, 2.45) is 12.8 Å². The summed E-state index contributed by atoms with van der Waals surface area (Å²) in [6, 6.07) is 10.4. The van der Waals surface area contributed by atoms with Gasteiger partial charge in [-0.3, -0.25) is 4.79 Å². The van der Waals surface area contributed by atoms with Crippen LogP contribution in [0.1, 0.15) is 23.6 Å². The summed E-state index contributed by atoms with van der Waals surface area (Å²) < 4.78 is 1.68. The van der Waals surface area contributed by atoms with E-state index < -0.39 is 0 Å². The van der Waals surface area contributed by atoms with E-state index >= 15 is 0 Å². The van der Waals surface area contributed by atoms with E-state index in [1.807, 2.05) is 13.0 Å². The fourth-order valence-electron chi connectivity index (χ4n) is 2.31. The second-order valence-electron chi connectivity index (χ2n) is 4.81. The third-order valence-corrected chi connectivity index (χ3v) is 3.62. The first-order valence-electron chi connectivity index (χ1n) is 6.57. The smallest absolute Gasteiger partial charge is 0.255 e. The normalized spacial score (nSPS) is 10.7. The molecule has 0 aliphatic carbocycles. The molecule has 0 unspecified atom stereocenters. The summed E-state index contributed by atoms with van der Waals surface area (Å²) in [5, 5.41) is 0. The lowest BCUT2D eigenvalue weighted by molar-refractivity contribution is 0.831. The fourth-order valence-corrected chi connectivity index (χ4v) is 2.31. The van der Waals surface area contributed by atoms with Gasteiger partial charge in [0.15, 0.2) is 0 Å². The van der Waals surface area contributed by atoms with Crippen molar-refractivity contribution in [2.45, 2.75) is 26.8 Å². The van der Waals surface area contributed by atoms with Crippen LogP contribution in [0.2, 0.25) is 0 Å². The predicted molar refractivity (Wildman–Crippen MR) is 79.1 cm³/mol. The zero-order valence-electron chi connectivity index (χ0n) is 11.7. The summed E-state index contributed by atoms with van der Waals surface area (Å²) in [6.45, 7) is 4.35. The molecule has 1 aromatic carbocycles. The molecule has 0 atom stereocenters. The monoisotopic (exact) mass is 256 g/mol. The summed E-state index contributed by atoms with van der Waals surface area (Å²) in [6.07, 6.45) is 1.02. The standard InChI is InChI=1S/C16H20N2O/c1-4-12-5-7-13(8-6-12)15-9-11(2)14(10-17)16(19)18(15)3/h5-9H,4,10,17H2,1-3H3. The van der Waals surface area contributed by atoms with Crippen molar-refractivity contribution in [3.8, 4) is 11.3 Å². The summed E-state index contributed by atoms with van der Waals surface area (Å²) in [7, 11) is 1.80. The maximum Gasteiger partial charge on any atom is 0.255 e. The molecule has 100 valence electrons. The van der Waals surface area contributed by atoms with Crippen LogP contribution in [0.25, 0.3) is 11.3 Å². The van der Waals surface area contributed by atoms with Gasteiger partial charge < -0.3 is 10.3 Å². The number of hydrogen-bond acceptors (Lipinski definition) is 2. The Kier molecular flexibility index (Phi) is 3.86. The first-order valence-corrected chi connectivity index (χ1v) is 6.57. The van der Waals surface area contributed by atoms with Crippen molar-refractivity contribution in [2.75, 3.05) is 0 Å². The van der Waals surface area contributed by atoms with Crippen LogP contribution < -0.4 is 11.3 Å². The van der Waals surface area contributed by atoms with Gasteiger partial charge in [-0.05, 0) is 36.1 Å². The molecule has 2 N–H and O–H groups in total. The van der Waals surface area contributed by atoms with E-state index in [9.17, 15) is 4.79 Å². The van der Waals surface area contributed by atoms with Crippen molar-refractivity contribution in [3.63, 3.8) is 0 Å². The van der Waals surface area contributed by atoms with Crippen LogP contribution >= 0.6 is 0 Å². The van der Waals surface area contributed by atoms with Crippen LogP contribution in [0, 0.1) is 6.92 Å². The Balaban J connectivity index is 2.59. The number of rotatable bonds is 3. The SMILES string of the molecule is CCc1ccc(-c2cc(C)c(CN)c(=O)n2C)cc1. The van der Waals surface area contributed by atoms with E-state index in [4.69, 9.17) is 5.73 Å². The Hall–Kier alpha value is -1.87. The van der Waals surface area contributed by atoms with E-state index in [1.54, 1.807) is 11.6 Å². The van der Waals surface area contributed by atoms with Crippen LogP contribution in [0.5, 0.6) is 0 Å². The minimum atomic E-state index is -0.00271. The average Bonchev–Trinajstić information content (AvgIpc) is 2.43. The molecule has 0 aliphatic rings. The highest BCUT2D eigenvalue weighted by atomic mass is 16.1. The zero-order valence-corrected chi connectivity index (χ0v) is 11.7. The molecule has 3 heteroatoms. The van der Waals surface area contributed by atoms with Gasteiger partial charge in [-0.1, -0.05) is 31.2 Å². The summed E-state index contributed by atoms with van der Waals surface area (Å²) in [4.78, 5) is 12.2. The van der Waals surface area contributed by atoms with Crippen LogP contribution in [-0.2, 0) is 20.0 Å². The number of aryl methyl sites for hydroxylation is 2. The predicted octanol–water partition coefficient (Wildman–Crippen LogP) is 2.38. The van der Waals surface area contributed by atoms with Gasteiger partial charge in [0.05, 0.1) is 5.69 Å². The molecular weight excluding hydrogens is 236 g/mol. The molecule has 0 aliphatic heterocycles. The highest BCUT2D eigenvalue weighted by Crippen LogP contribution is 2.20. The molecule has 2 aromatic rings. The minimum absolute atomic E-state index is 0.00271. The maximum absolute atomic E-state index is 12.2. The highest BCUT2D eigenvalue weighted by Gasteiger charge is 2.10. The topological polar surface area (TPSA) is 48.0 Å². The summed E-state index contributed by atoms with van der Waals surface area (Å²) in [5.74, 6) is 0. The molecule has 1 heterocycles. The van der Waals surface area contributed by atoms with Gasteiger partial charge in [0, 0.05) is 19.2 Å². The Morgan fingerprint density at radius 3 is 2.37 bits per heavy atom. The van der Waals surface area contributed by atoms with Gasteiger partial charge in [0.2, 0.25) is 0 Å². The second-order valence-corrected chi connectivity index (χ2v) is 4.81. The largest absolute Gasteiger partial charge is 0.326 e. The summed E-state index contributed by atoms with van der Waals surface area (Å²) in [5.41, 5.74) is 10.6. The van der Waals surface area contributed by atoms with Crippen LogP contribution in [0.3, 0.4) is 0 Å². The number of aromatic nitrogens is 1. The van der Waals surface area contributed by atoms with E-state index in [-0.39, 0.29) is 12.1 Å². The van der Waals surface area contributed by atoms with Crippen molar-refractivity contribution in [1.82, 2.24) is 4.57 Å². The first kappa shape index (κ1) is 13.6. The maximum atomic E-state index is 12.2. The molecule has 1 aromatic heterocycles. The quantitative estimate of drug-likeness (QED) is 0.916. The second kappa shape index (κ2) is 5.41. The highest BCUT2D eigenvalue weighted by molar-refractivity contribution is 5.61. The van der Waals surface area contributed by atoms with E-state index in [0.717, 1.165) is 23.2 Å². The first-order chi connectivity index (χ1) is 9.08. The molecule has 0 bridgehead atoms. The van der Waals surface area contributed by atoms with E-state index in [0.29, 0.717) is 5.56 Å². The van der Waals surface area contributed by atoms with E-state index in [2.05, 4.69) is 31.2 Å². The van der Waals surface area contributed by atoms with Gasteiger partial charge in [-0.15, -0.1) is 0 Å². The Bertz CT molecular complexity index is 639. The van der Waals surface area contributed by atoms with E-state index in [1.165, 1.54) is 5.56 Å². The average molecular weight is 256 g/mol. The van der Waals surface area contributed by atoms with Gasteiger partial charge in [0.1, 0.15) is 0 Å². The molecule has 0 amide bonds. The summed E-state index contributed by atoms with van der Waals surface area (Å²) >= 11 is 0. The van der Waals surface area contributed by atoms with Gasteiger partial charge in [-0.25, -0.2) is 0 Å². The lowest BCUT2D eigenvalue weighted by Crippen LogP contribution is -2.25. The molecule has 0 radical (unpaired) electrons. The molecule has 3 nitrogen and oxygen atoms in total. The van der Waals surface area contributed by atoms with Crippen molar-refractivity contribution in [3.05, 3.63) is 57.4 Å². The Morgan fingerprint density at radius 1 is 1.21 bits per heavy atom. The number of hydrogen-bond donors (Lipinski definition) is 1. The molecule has 19 heavy (non-hydrogen) atoms. The van der Waals surface area contributed by atoms with Gasteiger partial charge >= 0.3 is 0 Å². The molecule has 0 fully saturated rings. The molecular formula is C16H20N2O. The Labute approximate surface area is 113 Å². The lowest BCUT2D eigenvalue weighted by atomic mass is 10.0. The minimum Gasteiger partial charge on any atom is -0.326 e. The number of benzene rings is 1. The molecule has 0 saturated heterocycles. The van der Waals surface area contributed by atoms with Crippen LogP contribution in [0.4, 0.5) is 0 Å². The molecule has 2 rings (SSSR count).